The van der Waals surface area contributed by atoms with Crippen molar-refractivity contribution < 1.29 is 13.2 Å². The highest BCUT2D eigenvalue weighted by Gasteiger charge is 2.22. The monoisotopic (exact) mass is 359 g/mol. The molecule has 1 fully saturated rings. The first-order chi connectivity index (χ1) is 10.4. The van der Waals surface area contributed by atoms with Crippen molar-refractivity contribution >= 4 is 28.3 Å². The number of hydrogen-bond acceptors (Lipinski definition) is 4. The third kappa shape index (κ3) is 5.04. The van der Waals surface area contributed by atoms with Crippen LogP contribution in [0.5, 0.6) is 0 Å². The van der Waals surface area contributed by atoms with E-state index in [1.807, 2.05) is 0 Å². The van der Waals surface area contributed by atoms with Crippen LogP contribution in [-0.4, -0.2) is 44.9 Å². The minimum atomic E-state index is -3.56. The highest BCUT2D eigenvalue weighted by Crippen LogP contribution is 2.15. The Kier molecular flexibility index (Phi) is 7.21. The molecule has 1 aliphatic heterocycles. The summed E-state index contributed by atoms with van der Waals surface area (Å²) in [6.07, 6.45) is 3.06. The number of carbonyl (C=O) groups excluding carboxylic acids is 1. The first-order valence-electron chi connectivity index (χ1n) is 7.19. The van der Waals surface area contributed by atoms with Crippen LogP contribution in [-0.2, 0) is 10.0 Å². The Labute approximate surface area is 143 Å². The first-order valence-corrected chi connectivity index (χ1v) is 8.68. The molecule has 0 atom stereocenters. The molecular formula is C15H22ClN3O3S. The molecule has 0 spiro atoms. The maximum atomic E-state index is 12.3. The van der Waals surface area contributed by atoms with Gasteiger partial charge in [0, 0.05) is 31.2 Å². The zero-order valence-electron chi connectivity index (χ0n) is 12.8. The molecule has 6 nitrogen and oxygen atoms in total. The summed E-state index contributed by atoms with van der Waals surface area (Å²) in [7, 11) is -3.56. The van der Waals surface area contributed by atoms with E-state index < -0.39 is 10.0 Å². The SMILES string of the molecule is C=CCNS(=O)(=O)c1ccc(C(=O)N2CCC(N)CC2)cc1.Cl. The van der Waals surface area contributed by atoms with E-state index in [9.17, 15) is 13.2 Å². The van der Waals surface area contributed by atoms with Crippen LogP contribution in [0.15, 0.2) is 41.8 Å². The quantitative estimate of drug-likeness (QED) is 0.771. The molecule has 23 heavy (non-hydrogen) atoms. The molecule has 0 unspecified atom stereocenters. The average Bonchev–Trinajstić information content (AvgIpc) is 2.53. The summed E-state index contributed by atoms with van der Waals surface area (Å²) < 4.78 is 26.3. The minimum Gasteiger partial charge on any atom is -0.339 e. The summed E-state index contributed by atoms with van der Waals surface area (Å²) in [4.78, 5) is 14.2. The lowest BCUT2D eigenvalue weighted by Gasteiger charge is -2.30. The summed E-state index contributed by atoms with van der Waals surface area (Å²) in [6, 6.07) is 6.12. The normalized spacial score (nSPS) is 15.8. The Morgan fingerprint density at radius 3 is 2.39 bits per heavy atom. The summed E-state index contributed by atoms with van der Waals surface area (Å²) >= 11 is 0. The van der Waals surface area contributed by atoms with Gasteiger partial charge >= 0.3 is 0 Å². The molecule has 2 rings (SSSR count). The standard InChI is InChI=1S/C15H21N3O3S.ClH/c1-2-9-17-22(20,21)14-5-3-12(4-6-14)15(19)18-10-7-13(16)8-11-18;/h2-6,13,17H,1,7-11,16H2;1H. The number of nitrogens with one attached hydrogen (secondary N) is 1. The molecule has 1 amide bonds. The molecule has 128 valence electrons. The van der Waals surface area contributed by atoms with Gasteiger partial charge in [-0.2, -0.15) is 0 Å². The second-order valence-electron chi connectivity index (χ2n) is 5.29. The molecule has 0 saturated carbocycles. The van der Waals surface area contributed by atoms with Crippen molar-refractivity contribution in [2.24, 2.45) is 5.73 Å². The molecule has 1 aliphatic rings. The predicted octanol–water partition coefficient (Wildman–Crippen LogP) is 1.14. The number of carbonyl (C=O) groups is 1. The van der Waals surface area contributed by atoms with Gasteiger partial charge < -0.3 is 10.6 Å². The van der Waals surface area contributed by atoms with E-state index in [0.717, 1.165) is 12.8 Å². The van der Waals surface area contributed by atoms with Crippen LogP contribution in [0.1, 0.15) is 23.2 Å². The van der Waals surface area contributed by atoms with Gasteiger partial charge in [-0.15, -0.1) is 19.0 Å². The number of nitrogens with two attached hydrogens (primary N) is 1. The Balaban J connectivity index is 0.00000264. The second-order valence-corrected chi connectivity index (χ2v) is 7.06. The molecular weight excluding hydrogens is 338 g/mol. The summed E-state index contributed by atoms with van der Waals surface area (Å²) in [5, 5.41) is 0. The number of rotatable bonds is 5. The van der Waals surface area contributed by atoms with Crippen molar-refractivity contribution in [3.63, 3.8) is 0 Å². The van der Waals surface area contributed by atoms with Crippen molar-refractivity contribution in [1.82, 2.24) is 9.62 Å². The van der Waals surface area contributed by atoms with E-state index in [2.05, 4.69) is 11.3 Å². The van der Waals surface area contributed by atoms with Gasteiger partial charge in [0.05, 0.1) is 4.90 Å². The van der Waals surface area contributed by atoms with Gasteiger partial charge in [-0.25, -0.2) is 13.1 Å². The number of likely N-dealkylation sites (tertiary alicyclic amines) is 1. The van der Waals surface area contributed by atoms with Crippen LogP contribution >= 0.6 is 12.4 Å². The van der Waals surface area contributed by atoms with E-state index in [0.29, 0.717) is 18.7 Å². The Morgan fingerprint density at radius 1 is 1.30 bits per heavy atom. The maximum Gasteiger partial charge on any atom is 0.253 e. The van der Waals surface area contributed by atoms with Gasteiger partial charge in [0.15, 0.2) is 0 Å². The number of amides is 1. The topological polar surface area (TPSA) is 92.5 Å². The molecule has 0 aliphatic carbocycles. The van der Waals surface area contributed by atoms with Crippen LogP contribution in [0, 0.1) is 0 Å². The largest absolute Gasteiger partial charge is 0.339 e. The molecule has 1 aromatic carbocycles. The molecule has 0 radical (unpaired) electrons. The smallest absolute Gasteiger partial charge is 0.253 e. The molecule has 3 N–H and O–H groups in total. The van der Waals surface area contributed by atoms with Crippen molar-refractivity contribution in [2.45, 2.75) is 23.8 Å². The van der Waals surface area contributed by atoms with Crippen molar-refractivity contribution in [1.29, 1.82) is 0 Å². The third-order valence-electron chi connectivity index (χ3n) is 3.66. The molecule has 0 bridgehead atoms. The van der Waals surface area contributed by atoms with Crippen LogP contribution in [0.3, 0.4) is 0 Å². The number of piperidine rings is 1. The second kappa shape index (κ2) is 8.44. The van der Waals surface area contributed by atoms with E-state index in [1.54, 1.807) is 17.0 Å². The highest BCUT2D eigenvalue weighted by atomic mass is 35.5. The van der Waals surface area contributed by atoms with Crippen molar-refractivity contribution in [2.75, 3.05) is 19.6 Å². The van der Waals surface area contributed by atoms with E-state index in [-0.39, 0.29) is 35.8 Å². The van der Waals surface area contributed by atoms with Crippen LogP contribution < -0.4 is 10.5 Å². The molecule has 1 aromatic rings. The fraction of sp³-hybridized carbons (Fsp3) is 0.400. The zero-order chi connectivity index (χ0) is 16.2. The van der Waals surface area contributed by atoms with Crippen molar-refractivity contribution in [3.05, 3.63) is 42.5 Å². The molecule has 1 heterocycles. The van der Waals surface area contributed by atoms with Gasteiger partial charge in [-0.05, 0) is 37.1 Å². The number of halogens is 1. The minimum absolute atomic E-state index is 0. The van der Waals surface area contributed by atoms with E-state index in [4.69, 9.17) is 5.73 Å². The van der Waals surface area contributed by atoms with Crippen LogP contribution in [0.4, 0.5) is 0 Å². The average molecular weight is 360 g/mol. The van der Waals surface area contributed by atoms with Gasteiger partial charge in [0.25, 0.3) is 5.91 Å². The number of hydrogen-bond donors (Lipinski definition) is 2. The fourth-order valence-electron chi connectivity index (χ4n) is 2.31. The summed E-state index contributed by atoms with van der Waals surface area (Å²) in [5.74, 6) is -0.0881. The van der Waals surface area contributed by atoms with Crippen LogP contribution in [0.25, 0.3) is 0 Å². The highest BCUT2D eigenvalue weighted by molar-refractivity contribution is 7.89. The van der Waals surface area contributed by atoms with E-state index >= 15 is 0 Å². The lowest BCUT2D eigenvalue weighted by molar-refractivity contribution is 0.0714. The predicted molar refractivity (Wildman–Crippen MR) is 92.2 cm³/mol. The zero-order valence-corrected chi connectivity index (χ0v) is 14.4. The number of benzene rings is 1. The summed E-state index contributed by atoms with van der Waals surface area (Å²) in [6.45, 7) is 4.91. The third-order valence-corrected chi connectivity index (χ3v) is 5.10. The number of sulfonamides is 1. The van der Waals surface area contributed by atoms with Crippen LogP contribution in [0.2, 0.25) is 0 Å². The fourth-order valence-corrected chi connectivity index (χ4v) is 3.31. The summed E-state index contributed by atoms with van der Waals surface area (Å²) in [5.41, 5.74) is 6.31. The number of nitrogens with zero attached hydrogens (tertiary/aromatic N) is 1. The Bertz CT molecular complexity index is 638. The molecule has 8 heteroatoms. The van der Waals surface area contributed by atoms with Gasteiger partial charge in [0.1, 0.15) is 0 Å². The first kappa shape index (κ1) is 19.6. The maximum absolute atomic E-state index is 12.3. The van der Waals surface area contributed by atoms with Gasteiger partial charge in [-0.1, -0.05) is 6.08 Å². The molecule has 0 aromatic heterocycles. The van der Waals surface area contributed by atoms with Crippen molar-refractivity contribution in [3.8, 4) is 0 Å². The van der Waals surface area contributed by atoms with Gasteiger partial charge in [-0.3, -0.25) is 4.79 Å². The molecule has 1 saturated heterocycles. The van der Waals surface area contributed by atoms with E-state index in [1.165, 1.54) is 18.2 Å². The van der Waals surface area contributed by atoms with Gasteiger partial charge in [0.2, 0.25) is 10.0 Å². The lowest BCUT2D eigenvalue weighted by Crippen LogP contribution is -2.42. The Hall–Kier alpha value is -1.41. The Morgan fingerprint density at radius 2 is 1.87 bits per heavy atom. The lowest BCUT2D eigenvalue weighted by atomic mass is 10.1.